The molecule has 2 N–H and O–H groups in total. The van der Waals surface area contributed by atoms with Crippen LogP contribution in [0, 0.1) is 0 Å². The molecule has 0 spiro atoms. The molecular weight excluding hydrogens is 358 g/mol. The van der Waals surface area contributed by atoms with Crippen LogP contribution in [-0.4, -0.2) is 29.3 Å². The Morgan fingerprint density at radius 3 is 2.43 bits per heavy atom. The van der Waals surface area contributed by atoms with Crippen molar-refractivity contribution in [3.05, 3.63) is 59.5 Å². The average molecular weight is 383 g/mol. The highest BCUT2D eigenvalue weighted by Gasteiger charge is 2.49. The molecule has 3 rings (SSSR count). The topological polar surface area (TPSA) is 91.7 Å². The predicted octanol–water partition coefficient (Wildman–Crippen LogP) is 3.05. The molecule has 1 aliphatic rings. The first-order valence-corrected chi connectivity index (χ1v) is 9.29. The second-order valence-electron chi connectivity index (χ2n) is 7.53. The van der Waals surface area contributed by atoms with Gasteiger partial charge in [0.2, 0.25) is 5.91 Å². The third-order valence-corrected chi connectivity index (χ3v) is 5.08. The van der Waals surface area contributed by atoms with E-state index in [0.717, 1.165) is 10.5 Å². The highest BCUT2D eigenvalue weighted by atomic mass is 16.3. The lowest BCUT2D eigenvalue weighted by molar-refractivity contribution is -0.135. The molecule has 1 aliphatic heterocycles. The summed E-state index contributed by atoms with van der Waals surface area (Å²) in [5.41, 5.74) is 0.633. The average Bonchev–Trinajstić information content (AvgIpc) is 3.26. The van der Waals surface area contributed by atoms with E-state index in [1.54, 1.807) is 26.0 Å². The normalized spacial score (nSPS) is 20.4. The summed E-state index contributed by atoms with van der Waals surface area (Å²) >= 11 is 0. The Kier molecular flexibility index (Phi) is 5.27. The van der Waals surface area contributed by atoms with Crippen LogP contribution in [0.25, 0.3) is 0 Å². The molecule has 148 valence electrons. The van der Waals surface area contributed by atoms with E-state index in [-0.39, 0.29) is 12.6 Å². The van der Waals surface area contributed by atoms with Gasteiger partial charge in [0.15, 0.2) is 0 Å². The van der Waals surface area contributed by atoms with Gasteiger partial charge in [0.25, 0.3) is 5.91 Å². The smallest absolute Gasteiger partial charge is 0.325 e. The highest BCUT2D eigenvalue weighted by Crippen LogP contribution is 2.30. The lowest BCUT2D eigenvalue weighted by Crippen LogP contribution is -2.43. The molecule has 2 heterocycles. The molecule has 4 amide bonds. The van der Waals surface area contributed by atoms with E-state index in [9.17, 15) is 14.4 Å². The van der Waals surface area contributed by atoms with Gasteiger partial charge in [-0.2, -0.15) is 0 Å². The molecule has 7 heteroatoms. The van der Waals surface area contributed by atoms with E-state index in [1.807, 2.05) is 24.3 Å². The number of urea groups is 1. The maximum atomic E-state index is 13.0. The number of rotatable bonds is 6. The standard InChI is InChI=1S/C21H25N3O4/c1-13(2)15-7-9-16(10-8-15)21(4)19(26)24(20(27)23-21)12-18(25)22-14(3)17-6-5-11-28-17/h5-11,13-14H,12H2,1-4H3,(H,22,25)(H,23,27)/t14-,21+/m0/s1. The molecule has 1 fully saturated rings. The molecule has 0 bridgehead atoms. The van der Waals surface area contributed by atoms with Gasteiger partial charge in [-0.05, 0) is 43.0 Å². The van der Waals surface area contributed by atoms with Crippen LogP contribution in [0.1, 0.15) is 56.5 Å². The molecule has 28 heavy (non-hydrogen) atoms. The summed E-state index contributed by atoms with van der Waals surface area (Å²) in [6.45, 7) is 7.24. The van der Waals surface area contributed by atoms with Crippen molar-refractivity contribution in [2.24, 2.45) is 0 Å². The van der Waals surface area contributed by atoms with Crippen LogP contribution >= 0.6 is 0 Å². The number of furan rings is 1. The summed E-state index contributed by atoms with van der Waals surface area (Å²) < 4.78 is 5.25. The van der Waals surface area contributed by atoms with Gasteiger partial charge in [0.1, 0.15) is 17.8 Å². The minimum absolute atomic E-state index is 0.352. The third-order valence-electron chi connectivity index (χ3n) is 5.08. The van der Waals surface area contributed by atoms with Crippen molar-refractivity contribution in [1.29, 1.82) is 0 Å². The highest BCUT2D eigenvalue weighted by molar-refractivity contribution is 6.09. The van der Waals surface area contributed by atoms with Crippen molar-refractivity contribution in [3.63, 3.8) is 0 Å². The number of hydrogen-bond acceptors (Lipinski definition) is 4. The molecule has 1 aromatic carbocycles. The van der Waals surface area contributed by atoms with Gasteiger partial charge >= 0.3 is 6.03 Å². The first kappa shape index (κ1) is 19.7. The molecule has 2 aromatic rings. The summed E-state index contributed by atoms with van der Waals surface area (Å²) in [6, 6.07) is 10.1. The van der Waals surface area contributed by atoms with Crippen molar-refractivity contribution < 1.29 is 18.8 Å². The van der Waals surface area contributed by atoms with E-state index in [0.29, 0.717) is 17.2 Å². The van der Waals surface area contributed by atoms with E-state index < -0.39 is 23.4 Å². The lowest BCUT2D eigenvalue weighted by Gasteiger charge is -2.23. The summed E-state index contributed by atoms with van der Waals surface area (Å²) in [7, 11) is 0. The van der Waals surface area contributed by atoms with Crippen molar-refractivity contribution in [2.45, 2.75) is 45.2 Å². The van der Waals surface area contributed by atoms with Crippen LogP contribution in [0.5, 0.6) is 0 Å². The molecular formula is C21H25N3O4. The van der Waals surface area contributed by atoms with E-state index >= 15 is 0 Å². The Labute approximate surface area is 164 Å². The van der Waals surface area contributed by atoms with Crippen LogP contribution in [0.4, 0.5) is 4.79 Å². The minimum Gasteiger partial charge on any atom is -0.467 e. The molecule has 0 unspecified atom stereocenters. The Balaban J connectivity index is 1.71. The van der Waals surface area contributed by atoms with Gasteiger partial charge in [-0.1, -0.05) is 38.1 Å². The maximum Gasteiger partial charge on any atom is 0.325 e. The van der Waals surface area contributed by atoms with Crippen LogP contribution in [0.2, 0.25) is 0 Å². The van der Waals surface area contributed by atoms with Gasteiger partial charge in [0, 0.05) is 0 Å². The predicted molar refractivity (Wildman–Crippen MR) is 103 cm³/mol. The van der Waals surface area contributed by atoms with Gasteiger partial charge in [0.05, 0.1) is 12.3 Å². The molecule has 1 saturated heterocycles. The molecule has 0 saturated carbocycles. The lowest BCUT2D eigenvalue weighted by atomic mass is 9.90. The number of amides is 4. The van der Waals surface area contributed by atoms with Gasteiger partial charge in [-0.15, -0.1) is 0 Å². The van der Waals surface area contributed by atoms with Crippen molar-refractivity contribution in [1.82, 2.24) is 15.5 Å². The number of imide groups is 1. The largest absolute Gasteiger partial charge is 0.467 e. The quantitative estimate of drug-likeness (QED) is 0.750. The first-order chi connectivity index (χ1) is 13.2. The van der Waals surface area contributed by atoms with Gasteiger partial charge in [-0.3, -0.25) is 14.5 Å². The molecule has 0 aliphatic carbocycles. The number of carbonyl (C=O) groups excluding carboxylic acids is 3. The maximum absolute atomic E-state index is 13.0. The minimum atomic E-state index is -1.19. The van der Waals surface area contributed by atoms with Crippen molar-refractivity contribution in [3.8, 4) is 0 Å². The van der Waals surface area contributed by atoms with Crippen LogP contribution < -0.4 is 10.6 Å². The van der Waals surface area contributed by atoms with Crippen LogP contribution in [-0.2, 0) is 15.1 Å². The number of carbonyl (C=O) groups is 3. The van der Waals surface area contributed by atoms with Gasteiger partial charge < -0.3 is 15.1 Å². The Morgan fingerprint density at radius 1 is 1.18 bits per heavy atom. The number of hydrogen-bond donors (Lipinski definition) is 2. The third kappa shape index (κ3) is 3.65. The van der Waals surface area contributed by atoms with E-state index in [2.05, 4.69) is 24.5 Å². The SMILES string of the molecule is CC(C)c1ccc([C@@]2(C)NC(=O)N(CC(=O)N[C@@H](C)c3ccco3)C2=O)cc1. The van der Waals surface area contributed by atoms with Crippen molar-refractivity contribution in [2.75, 3.05) is 6.54 Å². The number of benzene rings is 1. The molecule has 0 radical (unpaired) electrons. The molecule has 7 nitrogen and oxygen atoms in total. The number of nitrogens with one attached hydrogen (secondary N) is 2. The van der Waals surface area contributed by atoms with Crippen molar-refractivity contribution >= 4 is 17.8 Å². The zero-order valence-corrected chi connectivity index (χ0v) is 16.5. The summed E-state index contributed by atoms with van der Waals surface area (Å²) in [5, 5.41) is 5.45. The Morgan fingerprint density at radius 2 is 1.86 bits per heavy atom. The fourth-order valence-corrected chi connectivity index (χ4v) is 3.28. The molecule has 1 aromatic heterocycles. The second kappa shape index (κ2) is 7.50. The molecule has 2 atom stereocenters. The Hall–Kier alpha value is -3.09. The second-order valence-corrected chi connectivity index (χ2v) is 7.53. The van der Waals surface area contributed by atoms with Gasteiger partial charge in [-0.25, -0.2) is 4.79 Å². The fourth-order valence-electron chi connectivity index (χ4n) is 3.28. The summed E-state index contributed by atoms with van der Waals surface area (Å²) in [4.78, 5) is 38.6. The van der Waals surface area contributed by atoms with E-state index in [4.69, 9.17) is 4.42 Å². The summed E-state index contributed by atoms with van der Waals surface area (Å²) in [6.07, 6.45) is 1.52. The first-order valence-electron chi connectivity index (χ1n) is 9.29. The monoisotopic (exact) mass is 383 g/mol. The fraction of sp³-hybridized carbons (Fsp3) is 0.381. The zero-order chi connectivity index (χ0) is 20.5. The van der Waals surface area contributed by atoms with Crippen LogP contribution in [0.15, 0.2) is 47.1 Å². The Bertz CT molecular complexity index is 874. The van der Waals surface area contributed by atoms with E-state index in [1.165, 1.54) is 6.26 Å². The number of nitrogens with zero attached hydrogens (tertiary/aromatic N) is 1. The zero-order valence-electron chi connectivity index (χ0n) is 16.5. The van der Waals surface area contributed by atoms with Crippen LogP contribution in [0.3, 0.4) is 0 Å². The summed E-state index contributed by atoms with van der Waals surface area (Å²) in [5.74, 6) is 0.0788.